The van der Waals surface area contributed by atoms with Crippen LogP contribution in [0.2, 0.25) is 0 Å². The van der Waals surface area contributed by atoms with E-state index in [9.17, 15) is 14.4 Å². The molecule has 4 heteroatoms. The number of benzene rings is 1. The summed E-state index contributed by atoms with van der Waals surface area (Å²) < 4.78 is 0. The summed E-state index contributed by atoms with van der Waals surface area (Å²) >= 11 is 0. The predicted molar refractivity (Wildman–Crippen MR) is 66.2 cm³/mol. The zero-order valence-electron chi connectivity index (χ0n) is 10.4. The molecule has 0 aliphatic carbocycles. The minimum atomic E-state index is -0.678. The van der Waals surface area contributed by atoms with Gasteiger partial charge in [0, 0.05) is 0 Å². The number of aldehydes is 1. The van der Waals surface area contributed by atoms with Gasteiger partial charge in [0.25, 0.3) is 11.8 Å². The summed E-state index contributed by atoms with van der Waals surface area (Å²) in [5.74, 6) is -0.772. The van der Waals surface area contributed by atoms with Gasteiger partial charge in [0.1, 0.15) is 6.29 Å². The fourth-order valence-corrected chi connectivity index (χ4v) is 2.17. The number of carbonyl (C=O) groups excluding carboxylic acids is 3. The number of carbonyl (C=O) groups is 3. The molecule has 0 saturated heterocycles. The van der Waals surface area contributed by atoms with E-state index in [1.807, 2.05) is 13.8 Å². The Morgan fingerprint density at radius 3 is 2.06 bits per heavy atom. The van der Waals surface area contributed by atoms with Crippen molar-refractivity contribution in [2.24, 2.45) is 5.92 Å². The average molecular weight is 245 g/mol. The number of hydrogen-bond acceptors (Lipinski definition) is 3. The molecular weight excluding hydrogens is 230 g/mol. The number of rotatable bonds is 4. The normalized spacial score (nSPS) is 17.6. The van der Waals surface area contributed by atoms with Crippen molar-refractivity contribution in [2.75, 3.05) is 0 Å². The van der Waals surface area contributed by atoms with Crippen LogP contribution >= 0.6 is 0 Å². The van der Waals surface area contributed by atoms with Crippen molar-refractivity contribution in [3.8, 4) is 0 Å². The Bertz CT molecular complexity index is 475. The molecule has 2 unspecified atom stereocenters. The second-order valence-electron chi connectivity index (χ2n) is 4.54. The maximum atomic E-state index is 12.2. The summed E-state index contributed by atoms with van der Waals surface area (Å²) in [5.41, 5.74) is 0.773. The smallest absolute Gasteiger partial charge is 0.262 e. The predicted octanol–water partition coefficient (Wildman–Crippen LogP) is 1.90. The van der Waals surface area contributed by atoms with Crippen LogP contribution in [0.1, 0.15) is 41.0 Å². The molecule has 2 amide bonds. The highest BCUT2D eigenvalue weighted by molar-refractivity contribution is 6.22. The zero-order chi connectivity index (χ0) is 13.3. The van der Waals surface area contributed by atoms with E-state index in [1.54, 1.807) is 24.3 Å². The van der Waals surface area contributed by atoms with Gasteiger partial charge in [-0.25, -0.2) is 0 Å². The summed E-state index contributed by atoms with van der Waals surface area (Å²) in [7, 11) is 0. The van der Waals surface area contributed by atoms with Crippen LogP contribution in [0.15, 0.2) is 24.3 Å². The van der Waals surface area contributed by atoms with Crippen LogP contribution in [-0.4, -0.2) is 29.0 Å². The van der Waals surface area contributed by atoms with E-state index in [2.05, 4.69) is 0 Å². The van der Waals surface area contributed by atoms with Crippen molar-refractivity contribution in [1.29, 1.82) is 0 Å². The summed E-state index contributed by atoms with van der Waals surface area (Å²) in [5, 5.41) is 0. The quantitative estimate of drug-likeness (QED) is 0.601. The molecular formula is C14H15NO3. The lowest BCUT2D eigenvalue weighted by molar-refractivity contribution is -0.112. The highest BCUT2D eigenvalue weighted by atomic mass is 16.2. The van der Waals surface area contributed by atoms with E-state index >= 15 is 0 Å². The third kappa shape index (κ3) is 1.74. The molecule has 1 aromatic rings. The Balaban J connectivity index is 2.41. The Kier molecular flexibility index (Phi) is 3.28. The highest BCUT2D eigenvalue weighted by Gasteiger charge is 2.41. The standard InChI is InChI=1S/C14H15NO3/c1-3-9(2)12(8-16)15-13(17)10-6-4-5-7-11(10)14(15)18/h4-9,12H,3H2,1-2H3. The van der Waals surface area contributed by atoms with Gasteiger partial charge in [-0.15, -0.1) is 0 Å². The Morgan fingerprint density at radius 2 is 1.67 bits per heavy atom. The fourth-order valence-electron chi connectivity index (χ4n) is 2.17. The second-order valence-corrected chi connectivity index (χ2v) is 4.54. The topological polar surface area (TPSA) is 54.5 Å². The molecule has 0 saturated carbocycles. The van der Waals surface area contributed by atoms with Crippen LogP contribution < -0.4 is 0 Å². The second kappa shape index (κ2) is 4.72. The summed E-state index contributed by atoms with van der Waals surface area (Å²) in [6.07, 6.45) is 1.42. The third-order valence-electron chi connectivity index (χ3n) is 3.49. The van der Waals surface area contributed by atoms with Crippen molar-refractivity contribution in [3.63, 3.8) is 0 Å². The molecule has 94 valence electrons. The SMILES string of the molecule is CCC(C)C(C=O)N1C(=O)c2ccccc2C1=O. The van der Waals surface area contributed by atoms with Gasteiger partial charge in [0.2, 0.25) is 0 Å². The van der Waals surface area contributed by atoms with E-state index in [-0.39, 0.29) is 17.7 Å². The van der Waals surface area contributed by atoms with Crippen LogP contribution in [0.3, 0.4) is 0 Å². The Hall–Kier alpha value is -1.97. The van der Waals surface area contributed by atoms with Gasteiger partial charge in [-0.3, -0.25) is 14.5 Å². The van der Waals surface area contributed by atoms with Gasteiger partial charge in [-0.05, 0) is 18.1 Å². The van der Waals surface area contributed by atoms with E-state index in [0.717, 1.165) is 11.3 Å². The molecule has 1 aromatic carbocycles. The number of fused-ring (bicyclic) bond motifs is 1. The van der Waals surface area contributed by atoms with Crippen molar-refractivity contribution >= 4 is 18.1 Å². The molecule has 18 heavy (non-hydrogen) atoms. The average Bonchev–Trinajstić information content (AvgIpc) is 2.65. The van der Waals surface area contributed by atoms with Gasteiger partial charge < -0.3 is 4.79 Å². The first kappa shape index (κ1) is 12.5. The highest BCUT2D eigenvalue weighted by Crippen LogP contribution is 2.27. The minimum absolute atomic E-state index is 0.0373. The van der Waals surface area contributed by atoms with E-state index < -0.39 is 6.04 Å². The zero-order valence-corrected chi connectivity index (χ0v) is 10.4. The van der Waals surface area contributed by atoms with Crippen LogP contribution in [0, 0.1) is 5.92 Å². The van der Waals surface area contributed by atoms with Crippen molar-refractivity contribution in [1.82, 2.24) is 4.90 Å². The molecule has 0 bridgehead atoms. The van der Waals surface area contributed by atoms with Gasteiger partial charge >= 0.3 is 0 Å². The molecule has 4 nitrogen and oxygen atoms in total. The van der Waals surface area contributed by atoms with E-state index in [4.69, 9.17) is 0 Å². The molecule has 2 rings (SSSR count). The summed E-state index contributed by atoms with van der Waals surface area (Å²) in [4.78, 5) is 36.6. The number of hydrogen-bond donors (Lipinski definition) is 0. The maximum absolute atomic E-state index is 12.2. The summed E-state index contributed by atoms with van der Waals surface area (Å²) in [6.45, 7) is 3.79. The third-order valence-corrected chi connectivity index (χ3v) is 3.49. The number of amides is 2. The van der Waals surface area contributed by atoms with E-state index in [1.165, 1.54) is 0 Å². The van der Waals surface area contributed by atoms with E-state index in [0.29, 0.717) is 17.4 Å². The fraction of sp³-hybridized carbons (Fsp3) is 0.357. The Morgan fingerprint density at radius 1 is 1.17 bits per heavy atom. The molecule has 1 aliphatic rings. The van der Waals surface area contributed by atoms with Crippen molar-refractivity contribution < 1.29 is 14.4 Å². The largest absolute Gasteiger partial charge is 0.301 e. The first-order valence-corrected chi connectivity index (χ1v) is 6.04. The van der Waals surface area contributed by atoms with Crippen LogP contribution in [0.5, 0.6) is 0 Å². The maximum Gasteiger partial charge on any atom is 0.262 e. The van der Waals surface area contributed by atoms with Crippen molar-refractivity contribution in [2.45, 2.75) is 26.3 Å². The molecule has 2 atom stereocenters. The lowest BCUT2D eigenvalue weighted by Gasteiger charge is -2.25. The Labute approximate surface area is 106 Å². The van der Waals surface area contributed by atoms with Crippen molar-refractivity contribution in [3.05, 3.63) is 35.4 Å². The number of nitrogens with zero attached hydrogens (tertiary/aromatic N) is 1. The molecule has 0 N–H and O–H groups in total. The first-order valence-electron chi connectivity index (χ1n) is 6.04. The molecule has 0 radical (unpaired) electrons. The van der Waals surface area contributed by atoms with Gasteiger partial charge in [0.15, 0.2) is 0 Å². The molecule has 1 heterocycles. The summed E-state index contributed by atoms with van der Waals surface area (Å²) in [6, 6.07) is 5.99. The first-order chi connectivity index (χ1) is 8.61. The van der Waals surface area contributed by atoms with Crippen LogP contribution in [0.25, 0.3) is 0 Å². The lowest BCUT2D eigenvalue weighted by atomic mass is 9.99. The molecule has 0 aromatic heterocycles. The van der Waals surface area contributed by atoms with Crippen LogP contribution in [0.4, 0.5) is 0 Å². The van der Waals surface area contributed by atoms with Crippen LogP contribution in [-0.2, 0) is 4.79 Å². The molecule has 0 spiro atoms. The van der Waals surface area contributed by atoms with Gasteiger partial charge in [-0.2, -0.15) is 0 Å². The lowest BCUT2D eigenvalue weighted by Crippen LogP contribution is -2.44. The molecule has 0 fully saturated rings. The minimum Gasteiger partial charge on any atom is -0.301 e. The van der Waals surface area contributed by atoms with Gasteiger partial charge in [-0.1, -0.05) is 32.4 Å². The van der Waals surface area contributed by atoms with Gasteiger partial charge in [0.05, 0.1) is 17.2 Å². The molecule has 1 aliphatic heterocycles. The number of imide groups is 1. The monoisotopic (exact) mass is 245 g/mol.